The van der Waals surface area contributed by atoms with E-state index < -0.39 is 91.4 Å². The van der Waals surface area contributed by atoms with Gasteiger partial charge in [-0.15, -0.1) is 0 Å². The lowest BCUT2D eigenvalue weighted by molar-refractivity contribution is -0.143. The van der Waals surface area contributed by atoms with E-state index in [0.717, 1.165) is 0 Å². The molecule has 0 heterocycles. The highest BCUT2D eigenvalue weighted by Crippen LogP contribution is 2.05. The van der Waals surface area contributed by atoms with Crippen molar-refractivity contribution < 1.29 is 54.0 Å². The molecule has 0 radical (unpaired) electrons. The molecule has 35 heavy (non-hydrogen) atoms. The maximum Gasteiger partial charge on any atom is 0.326 e. The molecule has 0 aromatic carbocycles. The van der Waals surface area contributed by atoms with Gasteiger partial charge in [-0.2, -0.15) is 0 Å². The van der Waals surface area contributed by atoms with Gasteiger partial charge < -0.3 is 47.8 Å². The monoisotopic (exact) mass is 505 g/mol. The standard InChI is InChI=1S/C19H31N5O11/c20-6-2-1-3-11(19(34)35)23-18(33)12(8-15(29)30)24-17(32)10(4-5-13(25)26)22-16(31)9(21)7-14(27)28/h9-12H,1-8,20-21H2,(H,22,31)(H,23,33)(H,24,32)(H,25,26)(H,27,28)(H,29,30)(H,34,35). The van der Waals surface area contributed by atoms with Crippen LogP contribution in [0.1, 0.15) is 44.9 Å². The average Bonchev–Trinajstić information content (AvgIpc) is 2.73. The minimum Gasteiger partial charge on any atom is -0.481 e. The highest BCUT2D eigenvalue weighted by Gasteiger charge is 2.32. The number of carbonyl (C=O) groups excluding carboxylic acids is 3. The molecule has 0 spiro atoms. The SMILES string of the molecule is NCCCCC(NC(=O)C(CC(=O)O)NC(=O)C(CCC(=O)O)NC(=O)C(N)CC(=O)O)C(=O)O. The first-order valence-electron chi connectivity index (χ1n) is 10.5. The van der Waals surface area contributed by atoms with E-state index in [1.165, 1.54) is 0 Å². The summed E-state index contributed by atoms with van der Waals surface area (Å²) in [7, 11) is 0. The average molecular weight is 505 g/mol. The van der Waals surface area contributed by atoms with Gasteiger partial charge in [-0.3, -0.25) is 28.8 Å². The molecule has 0 saturated carbocycles. The molecule has 0 fully saturated rings. The molecule has 11 N–H and O–H groups in total. The van der Waals surface area contributed by atoms with Crippen LogP contribution in [0.4, 0.5) is 0 Å². The summed E-state index contributed by atoms with van der Waals surface area (Å²) in [6.07, 6.45) is -2.04. The van der Waals surface area contributed by atoms with E-state index in [4.69, 9.17) is 26.8 Å². The van der Waals surface area contributed by atoms with Gasteiger partial charge in [0.1, 0.15) is 18.1 Å². The molecule has 0 saturated heterocycles. The van der Waals surface area contributed by atoms with Crippen molar-refractivity contribution in [2.24, 2.45) is 11.5 Å². The first-order chi connectivity index (χ1) is 16.3. The lowest BCUT2D eigenvalue weighted by Crippen LogP contribution is -2.57. The van der Waals surface area contributed by atoms with Crippen molar-refractivity contribution in [3.63, 3.8) is 0 Å². The van der Waals surface area contributed by atoms with E-state index in [2.05, 4.69) is 16.0 Å². The molecule has 0 aliphatic carbocycles. The maximum absolute atomic E-state index is 12.7. The molecule has 0 aromatic heterocycles. The van der Waals surface area contributed by atoms with Crippen LogP contribution in [0.3, 0.4) is 0 Å². The molecule has 16 nitrogen and oxygen atoms in total. The first kappa shape index (κ1) is 31.2. The quantitative estimate of drug-likeness (QED) is 0.0830. The van der Waals surface area contributed by atoms with Crippen LogP contribution in [-0.2, 0) is 33.6 Å². The summed E-state index contributed by atoms with van der Waals surface area (Å²) >= 11 is 0. The van der Waals surface area contributed by atoms with E-state index in [9.17, 15) is 38.7 Å². The number of carbonyl (C=O) groups is 7. The van der Waals surface area contributed by atoms with Crippen LogP contribution in [-0.4, -0.2) is 92.7 Å². The minimum atomic E-state index is -1.77. The molecule has 16 heteroatoms. The van der Waals surface area contributed by atoms with Crippen LogP contribution >= 0.6 is 0 Å². The van der Waals surface area contributed by atoms with Crippen molar-refractivity contribution in [2.45, 2.75) is 69.1 Å². The smallest absolute Gasteiger partial charge is 0.326 e. The second kappa shape index (κ2) is 15.9. The van der Waals surface area contributed by atoms with Gasteiger partial charge in [0.25, 0.3) is 0 Å². The zero-order valence-corrected chi connectivity index (χ0v) is 18.8. The second-order valence-corrected chi connectivity index (χ2v) is 7.54. The summed E-state index contributed by atoms with van der Waals surface area (Å²) in [5.41, 5.74) is 10.8. The fraction of sp³-hybridized carbons (Fsp3) is 0.632. The Morgan fingerprint density at radius 1 is 0.629 bits per heavy atom. The maximum atomic E-state index is 12.7. The Kier molecular flexibility index (Phi) is 14.2. The number of unbranched alkanes of at least 4 members (excludes halogenated alkanes) is 1. The molecule has 4 unspecified atom stereocenters. The van der Waals surface area contributed by atoms with Gasteiger partial charge in [0.2, 0.25) is 17.7 Å². The zero-order valence-electron chi connectivity index (χ0n) is 18.8. The molecule has 0 aromatic rings. The van der Waals surface area contributed by atoms with Crippen molar-refractivity contribution in [3.8, 4) is 0 Å². The Hall–Kier alpha value is -3.79. The summed E-state index contributed by atoms with van der Waals surface area (Å²) in [5.74, 6) is -9.04. The molecular formula is C19H31N5O11. The van der Waals surface area contributed by atoms with Crippen molar-refractivity contribution in [2.75, 3.05) is 6.54 Å². The van der Waals surface area contributed by atoms with Crippen LogP contribution in [0.15, 0.2) is 0 Å². The van der Waals surface area contributed by atoms with Gasteiger partial charge in [-0.05, 0) is 32.2 Å². The fourth-order valence-corrected chi connectivity index (χ4v) is 2.77. The Morgan fingerprint density at radius 3 is 1.63 bits per heavy atom. The van der Waals surface area contributed by atoms with Gasteiger partial charge in [0.05, 0.1) is 18.9 Å². The van der Waals surface area contributed by atoms with Crippen LogP contribution in [0.2, 0.25) is 0 Å². The number of rotatable bonds is 18. The van der Waals surface area contributed by atoms with Crippen LogP contribution in [0.5, 0.6) is 0 Å². The van der Waals surface area contributed by atoms with Gasteiger partial charge in [-0.25, -0.2) is 4.79 Å². The third kappa shape index (κ3) is 13.5. The number of aliphatic carboxylic acids is 4. The Labute approximate surface area is 199 Å². The van der Waals surface area contributed by atoms with E-state index >= 15 is 0 Å². The van der Waals surface area contributed by atoms with Gasteiger partial charge >= 0.3 is 23.9 Å². The number of carboxylic acid groups (broad SMARTS) is 4. The lowest BCUT2D eigenvalue weighted by atomic mass is 10.1. The molecule has 0 bridgehead atoms. The molecule has 0 rings (SSSR count). The molecule has 4 atom stereocenters. The van der Waals surface area contributed by atoms with Crippen molar-refractivity contribution in [1.82, 2.24) is 16.0 Å². The van der Waals surface area contributed by atoms with Crippen LogP contribution < -0.4 is 27.4 Å². The number of nitrogens with two attached hydrogens (primary N) is 2. The first-order valence-corrected chi connectivity index (χ1v) is 10.5. The summed E-state index contributed by atoms with van der Waals surface area (Å²) in [4.78, 5) is 81.6. The molecule has 0 aliphatic heterocycles. The third-order valence-electron chi connectivity index (χ3n) is 4.58. The minimum absolute atomic E-state index is 0.00916. The number of hydrogen-bond donors (Lipinski definition) is 9. The van der Waals surface area contributed by atoms with E-state index in [1.54, 1.807) is 0 Å². The zero-order chi connectivity index (χ0) is 27.1. The van der Waals surface area contributed by atoms with Gasteiger partial charge in [0, 0.05) is 6.42 Å². The highest BCUT2D eigenvalue weighted by molar-refractivity contribution is 5.96. The molecular weight excluding hydrogens is 474 g/mol. The number of amides is 3. The normalized spacial score (nSPS) is 14.0. The number of carboxylic acids is 4. The van der Waals surface area contributed by atoms with Gasteiger partial charge in [0.15, 0.2) is 0 Å². The topological polar surface area (TPSA) is 289 Å². The third-order valence-corrected chi connectivity index (χ3v) is 4.58. The number of hydrogen-bond acceptors (Lipinski definition) is 9. The summed E-state index contributed by atoms with van der Waals surface area (Å²) in [6.45, 7) is 0.289. The highest BCUT2D eigenvalue weighted by atomic mass is 16.4. The number of nitrogens with one attached hydrogen (secondary N) is 3. The van der Waals surface area contributed by atoms with E-state index in [1.807, 2.05) is 0 Å². The second-order valence-electron chi connectivity index (χ2n) is 7.54. The Morgan fingerprint density at radius 2 is 1.14 bits per heavy atom. The molecule has 3 amide bonds. The molecule has 198 valence electrons. The Balaban J connectivity index is 5.55. The van der Waals surface area contributed by atoms with Gasteiger partial charge in [-0.1, -0.05) is 0 Å². The predicted molar refractivity (Wildman–Crippen MR) is 116 cm³/mol. The summed E-state index contributed by atoms with van der Waals surface area (Å²) in [5, 5.41) is 42.3. The largest absolute Gasteiger partial charge is 0.481 e. The van der Waals surface area contributed by atoms with E-state index in [0.29, 0.717) is 12.8 Å². The van der Waals surface area contributed by atoms with Crippen LogP contribution in [0.25, 0.3) is 0 Å². The predicted octanol–water partition coefficient (Wildman–Crippen LogP) is -3.20. The summed E-state index contributed by atoms with van der Waals surface area (Å²) in [6, 6.07) is -6.34. The summed E-state index contributed by atoms with van der Waals surface area (Å²) < 4.78 is 0. The van der Waals surface area contributed by atoms with Crippen LogP contribution in [0, 0.1) is 0 Å². The van der Waals surface area contributed by atoms with Crippen molar-refractivity contribution >= 4 is 41.6 Å². The Bertz CT molecular complexity index is 804. The fourth-order valence-electron chi connectivity index (χ4n) is 2.77. The van der Waals surface area contributed by atoms with Crippen molar-refractivity contribution in [3.05, 3.63) is 0 Å². The lowest BCUT2D eigenvalue weighted by Gasteiger charge is -2.24. The van der Waals surface area contributed by atoms with Crippen molar-refractivity contribution in [1.29, 1.82) is 0 Å². The molecule has 0 aliphatic rings. The van der Waals surface area contributed by atoms with E-state index in [-0.39, 0.29) is 13.0 Å².